The highest BCUT2D eigenvalue weighted by molar-refractivity contribution is 8.00. The van der Waals surface area contributed by atoms with Gasteiger partial charge in [-0.25, -0.2) is 0 Å². The van der Waals surface area contributed by atoms with E-state index in [1.165, 1.54) is 11.1 Å². The van der Waals surface area contributed by atoms with Gasteiger partial charge in [0.25, 0.3) is 0 Å². The van der Waals surface area contributed by atoms with Crippen molar-refractivity contribution in [2.24, 2.45) is 0 Å². The first kappa shape index (κ1) is 40.4. The maximum atomic E-state index is 15.6. The van der Waals surface area contributed by atoms with E-state index in [-0.39, 0.29) is 22.4 Å². The summed E-state index contributed by atoms with van der Waals surface area (Å²) in [5.41, 5.74) is 4.40. The molecule has 0 bridgehead atoms. The predicted octanol–water partition coefficient (Wildman–Crippen LogP) is 16.0. The van der Waals surface area contributed by atoms with Gasteiger partial charge >= 0.3 is 0 Å². The number of hydrogen-bond donors (Lipinski definition) is 0. The third kappa shape index (κ3) is 8.11. The molecule has 0 spiro atoms. The largest absolute Gasteiger partial charge is 0.288 e. The van der Waals surface area contributed by atoms with E-state index in [0.717, 1.165) is 60.7 Å². The second kappa shape index (κ2) is 16.1. The van der Waals surface area contributed by atoms with Crippen LogP contribution in [-0.4, -0.2) is 11.6 Å². The summed E-state index contributed by atoms with van der Waals surface area (Å²) in [6.07, 6.45) is 0. The fourth-order valence-corrected chi connectivity index (χ4v) is 11.6. The maximum absolute atomic E-state index is 15.6. The molecule has 2 nitrogen and oxygen atoms in total. The topological polar surface area (TPSA) is 34.1 Å². The molecule has 6 heteroatoms. The van der Waals surface area contributed by atoms with Gasteiger partial charge in [0.1, 0.15) is 0 Å². The van der Waals surface area contributed by atoms with Crippen LogP contribution < -0.4 is 0 Å². The lowest BCUT2D eigenvalue weighted by atomic mass is 9.84. The quantitative estimate of drug-likeness (QED) is 0.151. The van der Waals surface area contributed by atoms with Crippen LogP contribution >= 0.6 is 47.0 Å². The summed E-state index contributed by atoms with van der Waals surface area (Å²) in [5, 5.41) is 4.56. The molecule has 0 aliphatic heterocycles. The van der Waals surface area contributed by atoms with Crippen molar-refractivity contribution in [1.82, 2.24) is 0 Å². The number of carbonyl (C=O) groups is 2. The van der Waals surface area contributed by atoms with Gasteiger partial charge < -0.3 is 0 Å². The molecule has 0 unspecified atom stereocenters. The average molecular weight is 853 g/mol. The molecule has 0 saturated carbocycles. The Morgan fingerprint density at radius 2 is 0.600 bits per heavy atom. The Morgan fingerprint density at radius 1 is 0.317 bits per heavy atom. The summed E-state index contributed by atoms with van der Waals surface area (Å²) in [5.74, 6) is -0.244. The molecule has 0 N–H and O–H groups in total. The van der Waals surface area contributed by atoms with Crippen LogP contribution in [0.2, 0.25) is 0 Å². The molecule has 296 valence electrons. The van der Waals surface area contributed by atoms with Gasteiger partial charge in [-0.3, -0.25) is 9.59 Å². The molecule has 0 radical (unpaired) electrons. The predicted molar refractivity (Wildman–Crippen MR) is 254 cm³/mol. The van der Waals surface area contributed by atoms with Gasteiger partial charge in [0.15, 0.2) is 11.6 Å². The van der Waals surface area contributed by atoms with Crippen molar-refractivity contribution in [2.45, 2.75) is 91.5 Å². The molecule has 8 aromatic carbocycles. The number of hydrogen-bond acceptors (Lipinski definition) is 6. The summed E-state index contributed by atoms with van der Waals surface area (Å²) in [7, 11) is 0. The van der Waals surface area contributed by atoms with Gasteiger partial charge in [-0.05, 0) is 116 Å². The molecule has 0 heterocycles. The van der Waals surface area contributed by atoms with Crippen molar-refractivity contribution in [3.8, 4) is 0 Å². The van der Waals surface area contributed by atoms with E-state index >= 15 is 9.59 Å². The number of carbonyl (C=O) groups excluding carboxylic acids is 2. The van der Waals surface area contributed by atoms with E-state index < -0.39 is 0 Å². The van der Waals surface area contributed by atoms with Crippen molar-refractivity contribution in [3.63, 3.8) is 0 Å². The second-order valence-electron chi connectivity index (χ2n) is 17.3. The molecule has 1 aliphatic rings. The van der Waals surface area contributed by atoms with E-state index in [0.29, 0.717) is 22.3 Å². The van der Waals surface area contributed by atoms with Crippen molar-refractivity contribution in [2.75, 3.05) is 0 Å². The lowest BCUT2D eigenvalue weighted by Gasteiger charge is -2.26. The van der Waals surface area contributed by atoms with Crippen LogP contribution in [0.15, 0.2) is 197 Å². The molecule has 9 rings (SSSR count). The first-order valence-electron chi connectivity index (χ1n) is 20.1. The van der Waals surface area contributed by atoms with E-state index in [4.69, 9.17) is 0 Å². The second-order valence-corrected chi connectivity index (χ2v) is 21.7. The molecule has 0 atom stereocenters. The molecule has 0 aromatic heterocycles. The van der Waals surface area contributed by atoms with Crippen LogP contribution in [-0.2, 0) is 10.8 Å². The molecule has 0 saturated heterocycles. The van der Waals surface area contributed by atoms with Crippen LogP contribution in [0.25, 0.3) is 21.5 Å². The van der Waals surface area contributed by atoms with Crippen LogP contribution in [0.3, 0.4) is 0 Å². The van der Waals surface area contributed by atoms with Gasteiger partial charge in [-0.2, -0.15) is 0 Å². The third-order valence-corrected chi connectivity index (χ3v) is 15.2. The molecule has 8 aromatic rings. The minimum Gasteiger partial charge on any atom is -0.288 e. The zero-order valence-corrected chi connectivity index (χ0v) is 37.7. The van der Waals surface area contributed by atoms with Crippen LogP contribution in [0.1, 0.15) is 84.5 Å². The zero-order valence-electron chi connectivity index (χ0n) is 34.5. The SMILES string of the molecule is CC(C)(C)c1ccc(Sc2ccc(Sc3ccc(C(C)(C)C)cc3)c3c2C(=O)c2c(Sc4ccc5ccccc5c4)ccc(Sc4ccc5ccccc5c4)c2C3=O)cc1. The molecule has 60 heavy (non-hydrogen) atoms. The fraction of sp³-hybridized carbons (Fsp3) is 0.148. The molecule has 1 aliphatic carbocycles. The lowest BCUT2D eigenvalue weighted by molar-refractivity contribution is 0.0970. The first-order chi connectivity index (χ1) is 28.8. The highest BCUT2D eigenvalue weighted by Crippen LogP contribution is 2.49. The normalized spacial score (nSPS) is 12.8. The monoisotopic (exact) mass is 852 g/mol. The smallest absolute Gasteiger partial charge is 0.196 e. The van der Waals surface area contributed by atoms with Crippen LogP contribution in [0, 0.1) is 0 Å². The van der Waals surface area contributed by atoms with Crippen molar-refractivity contribution < 1.29 is 9.59 Å². The Bertz CT molecular complexity index is 2770. The van der Waals surface area contributed by atoms with E-state index in [1.807, 2.05) is 48.5 Å². The van der Waals surface area contributed by atoms with Gasteiger partial charge in [-0.15, -0.1) is 0 Å². The highest BCUT2D eigenvalue weighted by Gasteiger charge is 2.38. The highest BCUT2D eigenvalue weighted by atomic mass is 32.2. The number of benzene rings is 8. The van der Waals surface area contributed by atoms with Gasteiger partial charge in [0.2, 0.25) is 0 Å². The summed E-state index contributed by atoms with van der Waals surface area (Å²) in [6.45, 7) is 13.3. The minimum absolute atomic E-state index is 0.0140. The van der Waals surface area contributed by atoms with Crippen molar-refractivity contribution in [1.29, 1.82) is 0 Å². The Morgan fingerprint density at radius 3 is 0.917 bits per heavy atom. The van der Waals surface area contributed by atoms with E-state index in [1.54, 1.807) is 47.0 Å². The Labute approximate surface area is 370 Å². The number of fused-ring (bicyclic) bond motifs is 4. The Hall–Kier alpha value is -4.98. The van der Waals surface area contributed by atoms with Crippen LogP contribution in [0.4, 0.5) is 0 Å². The average Bonchev–Trinajstić information content (AvgIpc) is 3.23. The minimum atomic E-state index is -0.122. The Kier molecular flexibility index (Phi) is 10.9. The number of rotatable bonds is 8. The zero-order chi connectivity index (χ0) is 41.8. The number of ketones is 2. The molecule has 0 fully saturated rings. The van der Waals surface area contributed by atoms with Gasteiger partial charge in [-0.1, -0.05) is 174 Å². The first-order valence-corrected chi connectivity index (χ1v) is 23.4. The lowest BCUT2D eigenvalue weighted by Crippen LogP contribution is -2.24. The van der Waals surface area contributed by atoms with Crippen molar-refractivity contribution in [3.05, 3.63) is 191 Å². The molecular formula is C54H44O2S4. The summed E-state index contributed by atoms with van der Waals surface area (Å²) in [6, 6.07) is 54.6. The van der Waals surface area contributed by atoms with E-state index in [9.17, 15) is 0 Å². The standard InChI is InChI=1S/C54H44O2S4/c1-53(2,3)37-17-23-39(24-18-37)57-43-27-28-44(58-40-25-19-38(20-26-40)54(4,5)6)48-47(43)51(55)49-45(59-41-21-15-33-11-7-9-13-35(33)31-41)29-30-46(50(49)52(48)56)60-42-22-16-34-12-8-10-14-36(34)32-42/h7-32H,1-6H3. The summed E-state index contributed by atoms with van der Waals surface area (Å²) in [4.78, 5) is 38.4. The maximum Gasteiger partial charge on any atom is 0.196 e. The molecule has 0 amide bonds. The van der Waals surface area contributed by atoms with Crippen LogP contribution in [0.5, 0.6) is 0 Å². The molecular weight excluding hydrogens is 809 g/mol. The van der Waals surface area contributed by atoms with E-state index in [2.05, 4.69) is 151 Å². The Balaban J connectivity index is 1.21. The third-order valence-electron chi connectivity index (χ3n) is 11.0. The van der Waals surface area contributed by atoms with Crippen molar-refractivity contribution >= 4 is 80.2 Å². The van der Waals surface area contributed by atoms with Gasteiger partial charge in [0, 0.05) is 61.4 Å². The summed E-state index contributed by atoms with van der Waals surface area (Å²) < 4.78 is 0. The van der Waals surface area contributed by atoms with Gasteiger partial charge in [0.05, 0.1) is 0 Å². The fourth-order valence-electron chi connectivity index (χ4n) is 7.64. The summed E-state index contributed by atoms with van der Waals surface area (Å²) >= 11 is 6.18.